The van der Waals surface area contributed by atoms with E-state index in [9.17, 15) is 12.8 Å². The third-order valence-corrected chi connectivity index (χ3v) is 4.04. The summed E-state index contributed by atoms with van der Waals surface area (Å²) in [5.74, 6) is -0.479. The van der Waals surface area contributed by atoms with Gasteiger partial charge in [0.2, 0.25) is 10.0 Å². The van der Waals surface area contributed by atoms with Crippen molar-refractivity contribution in [1.82, 2.24) is 4.72 Å². The zero-order valence-electron chi connectivity index (χ0n) is 7.42. The molecule has 1 aromatic rings. The van der Waals surface area contributed by atoms with Crippen molar-refractivity contribution in [3.63, 3.8) is 0 Å². The van der Waals surface area contributed by atoms with Crippen molar-refractivity contribution in [2.45, 2.75) is 11.8 Å². The molecule has 1 rings (SSSR count). The molecule has 0 bridgehead atoms. The molecule has 0 saturated carbocycles. The summed E-state index contributed by atoms with van der Waals surface area (Å²) in [5.41, 5.74) is 0. The summed E-state index contributed by atoms with van der Waals surface area (Å²) in [6, 6.07) is 3.44. The highest BCUT2D eigenvalue weighted by Gasteiger charge is 2.16. The highest BCUT2D eigenvalue weighted by Crippen LogP contribution is 2.22. The molecule has 0 aromatic heterocycles. The van der Waals surface area contributed by atoms with Gasteiger partial charge >= 0.3 is 0 Å². The minimum absolute atomic E-state index is 0.0424. The van der Waals surface area contributed by atoms with Crippen LogP contribution in [0.5, 0.6) is 0 Å². The Kier molecular flexibility index (Phi) is 3.63. The van der Waals surface area contributed by atoms with Gasteiger partial charge in [-0.15, -0.1) is 0 Å². The van der Waals surface area contributed by atoms with E-state index in [0.717, 1.165) is 12.1 Å². The zero-order valence-corrected chi connectivity index (χ0v) is 9.82. The lowest BCUT2D eigenvalue weighted by atomic mass is 10.3. The Bertz CT molecular complexity index is 433. The SMILES string of the molecule is CCNS(=O)(=O)c1ccc(F)cc1Br. The quantitative estimate of drug-likeness (QED) is 0.920. The minimum atomic E-state index is -3.52. The molecule has 3 nitrogen and oxygen atoms in total. The number of hydrogen-bond donors (Lipinski definition) is 1. The first-order valence-corrected chi connectivity index (χ1v) is 6.19. The van der Waals surface area contributed by atoms with Crippen LogP contribution in [0.15, 0.2) is 27.6 Å². The van der Waals surface area contributed by atoms with Gasteiger partial charge in [-0.2, -0.15) is 0 Å². The van der Waals surface area contributed by atoms with Gasteiger partial charge in [-0.25, -0.2) is 17.5 Å². The molecule has 0 aliphatic heterocycles. The number of benzene rings is 1. The summed E-state index contributed by atoms with van der Waals surface area (Å²) in [6.07, 6.45) is 0. The van der Waals surface area contributed by atoms with Crippen molar-refractivity contribution in [2.75, 3.05) is 6.54 Å². The van der Waals surface area contributed by atoms with Gasteiger partial charge in [0.05, 0.1) is 4.90 Å². The molecular formula is C8H9BrFNO2S. The molecule has 0 aliphatic rings. The van der Waals surface area contributed by atoms with Crippen molar-refractivity contribution >= 4 is 26.0 Å². The molecule has 6 heteroatoms. The fraction of sp³-hybridized carbons (Fsp3) is 0.250. The lowest BCUT2D eigenvalue weighted by Gasteiger charge is -2.06. The number of halogens is 2. The van der Waals surface area contributed by atoms with E-state index in [1.807, 2.05) is 0 Å². The molecule has 0 heterocycles. The maximum Gasteiger partial charge on any atom is 0.241 e. The fourth-order valence-electron chi connectivity index (χ4n) is 0.961. The second-order valence-corrected chi connectivity index (χ2v) is 5.17. The molecule has 1 N–H and O–H groups in total. The smallest absolute Gasteiger partial charge is 0.211 e. The lowest BCUT2D eigenvalue weighted by Crippen LogP contribution is -2.23. The molecule has 0 spiro atoms. The molecule has 0 radical (unpaired) electrons. The highest BCUT2D eigenvalue weighted by molar-refractivity contribution is 9.10. The van der Waals surface area contributed by atoms with Gasteiger partial charge in [0.15, 0.2) is 0 Å². The summed E-state index contributed by atoms with van der Waals surface area (Å²) >= 11 is 2.99. The largest absolute Gasteiger partial charge is 0.241 e. The molecule has 0 aliphatic carbocycles. The highest BCUT2D eigenvalue weighted by atomic mass is 79.9. The predicted octanol–water partition coefficient (Wildman–Crippen LogP) is 1.89. The van der Waals surface area contributed by atoms with E-state index in [4.69, 9.17) is 0 Å². The Morgan fingerprint density at radius 2 is 2.14 bits per heavy atom. The number of nitrogens with one attached hydrogen (secondary N) is 1. The maximum absolute atomic E-state index is 12.7. The molecule has 78 valence electrons. The second-order valence-electron chi connectivity index (χ2n) is 2.58. The monoisotopic (exact) mass is 281 g/mol. The summed E-state index contributed by atoms with van der Waals surface area (Å²) < 4.78 is 38.2. The Morgan fingerprint density at radius 3 is 2.64 bits per heavy atom. The van der Waals surface area contributed by atoms with Crippen molar-refractivity contribution in [3.05, 3.63) is 28.5 Å². The standard InChI is InChI=1S/C8H9BrFNO2S/c1-2-11-14(12,13)8-4-3-6(10)5-7(8)9/h3-5,11H,2H2,1H3. The first kappa shape index (κ1) is 11.6. The average Bonchev–Trinajstić information content (AvgIpc) is 2.02. The van der Waals surface area contributed by atoms with Gasteiger partial charge in [-0.1, -0.05) is 6.92 Å². The fourth-order valence-corrected chi connectivity index (χ4v) is 3.05. The van der Waals surface area contributed by atoms with Crippen molar-refractivity contribution in [1.29, 1.82) is 0 Å². The lowest BCUT2D eigenvalue weighted by molar-refractivity contribution is 0.582. The number of rotatable bonds is 3. The van der Waals surface area contributed by atoms with Gasteiger partial charge in [0.25, 0.3) is 0 Å². The average molecular weight is 282 g/mol. The third-order valence-electron chi connectivity index (χ3n) is 1.52. The summed E-state index contributed by atoms with van der Waals surface area (Å²) in [4.78, 5) is 0.0424. The van der Waals surface area contributed by atoms with Crippen LogP contribution in [0.4, 0.5) is 4.39 Å². The summed E-state index contributed by atoms with van der Waals surface area (Å²) in [7, 11) is -3.52. The first-order chi connectivity index (χ1) is 6.47. The van der Waals surface area contributed by atoms with Crippen LogP contribution in [0.2, 0.25) is 0 Å². The molecule has 0 fully saturated rings. The summed E-state index contributed by atoms with van der Waals surface area (Å²) in [6.45, 7) is 1.97. The van der Waals surface area contributed by atoms with Crippen molar-refractivity contribution < 1.29 is 12.8 Å². The molecule has 0 amide bonds. The van der Waals surface area contributed by atoms with Gasteiger partial charge in [-0.05, 0) is 34.1 Å². The zero-order chi connectivity index (χ0) is 10.8. The number of hydrogen-bond acceptors (Lipinski definition) is 2. The van der Waals surface area contributed by atoms with Crippen LogP contribution in [-0.4, -0.2) is 15.0 Å². The van der Waals surface area contributed by atoms with Gasteiger partial charge in [0, 0.05) is 11.0 Å². The van der Waals surface area contributed by atoms with Crippen molar-refractivity contribution in [3.8, 4) is 0 Å². The van der Waals surface area contributed by atoms with Crippen LogP contribution in [0, 0.1) is 5.82 Å². The first-order valence-electron chi connectivity index (χ1n) is 3.92. The minimum Gasteiger partial charge on any atom is -0.211 e. The Labute approximate surface area is 90.5 Å². The van der Waals surface area contributed by atoms with Crippen LogP contribution in [0.25, 0.3) is 0 Å². The normalized spacial score (nSPS) is 11.6. The molecule has 0 unspecified atom stereocenters. The molecule has 0 atom stereocenters. The van der Waals surface area contributed by atoms with Crippen LogP contribution in [0.1, 0.15) is 6.92 Å². The van der Waals surface area contributed by atoms with E-state index < -0.39 is 15.8 Å². The Morgan fingerprint density at radius 1 is 1.50 bits per heavy atom. The van der Waals surface area contributed by atoms with Crippen LogP contribution < -0.4 is 4.72 Å². The van der Waals surface area contributed by atoms with Crippen molar-refractivity contribution in [2.24, 2.45) is 0 Å². The predicted molar refractivity (Wildman–Crippen MR) is 55.0 cm³/mol. The van der Waals surface area contributed by atoms with Crippen LogP contribution in [-0.2, 0) is 10.0 Å². The van der Waals surface area contributed by atoms with E-state index in [0.29, 0.717) is 6.54 Å². The maximum atomic E-state index is 12.7. The van der Waals surface area contributed by atoms with E-state index in [-0.39, 0.29) is 9.37 Å². The summed E-state index contributed by atoms with van der Waals surface area (Å²) in [5, 5.41) is 0. The molecule has 0 saturated heterocycles. The van der Waals surface area contributed by atoms with E-state index in [1.165, 1.54) is 6.07 Å². The second kappa shape index (κ2) is 4.37. The van der Waals surface area contributed by atoms with E-state index >= 15 is 0 Å². The van der Waals surface area contributed by atoms with Gasteiger partial charge in [0.1, 0.15) is 5.82 Å². The van der Waals surface area contributed by atoms with Crippen LogP contribution in [0.3, 0.4) is 0 Å². The van der Waals surface area contributed by atoms with E-state index in [1.54, 1.807) is 6.92 Å². The third kappa shape index (κ3) is 2.52. The Balaban J connectivity index is 3.20. The number of sulfonamides is 1. The molecule has 14 heavy (non-hydrogen) atoms. The molecular weight excluding hydrogens is 273 g/mol. The van der Waals surface area contributed by atoms with E-state index in [2.05, 4.69) is 20.7 Å². The molecule has 1 aromatic carbocycles. The van der Waals surface area contributed by atoms with Gasteiger partial charge in [-0.3, -0.25) is 0 Å². The Hall–Kier alpha value is -0.460. The van der Waals surface area contributed by atoms with Gasteiger partial charge < -0.3 is 0 Å². The topological polar surface area (TPSA) is 46.2 Å². The van der Waals surface area contributed by atoms with Crippen LogP contribution >= 0.6 is 15.9 Å².